The number of ether oxygens (including phenoxy) is 7. The molecule has 12 N–H and O–H groups in total. The first-order valence-electron chi connectivity index (χ1n) is 24.5. The molecule has 0 amide bonds. The van der Waals surface area contributed by atoms with E-state index in [9.17, 15) is 61.3 Å². The molecule has 0 aromatic heterocycles. The Balaban J connectivity index is 0.928. The van der Waals surface area contributed by atoms with Crippen LogP contribution in [0.1, 0.15) is 92.4 Å². The second-order valence-corrected chi connectivity index (χ2v) is 21.8. The molecule has 2 unspecified atom stereocenters. The Labute approximate surface area is 386 Å². The summed E-state index contributed by atoms with van der Waals surface area (Å²) in [7, 11) is 0. The second-order valence-electron chi connectivity index (χ2n) is 21.8. The zero-order valence-corrected chi connectivity index (χ0v) is 38.9. The van der Waals surface area contributed by atoms with Crippen molar-refractivity contribution in [2.45, 2.75) is 208 Å². The molecule has 19 heteroatoms. The normalized spacial score (nSPS) is 54.6. The average Bonchev–Trinajstić information content (AvgIpc) is 3.79. The van der Waals surface area contributed by atoms with Gasteiger partial charge in [0.1, 0.15) is 73.2 Å². The van der Waals surface area contributed by atoms with Crippen molar-refractivity contribution >= 4 is 0 Å². The fraction of sp³-hybridized carbons (Fsp3) is 0.957. The molecular formula is C47H78O19. The van der Waals surface area contributed by atoms with Crippen LogP contribution in [0.25, 0.3) is 0 Å². The number of rotatable bonds is 13. The molecule has 4 aliphatic carbocycles. The largest absolute Gasteiger partial charge is 0.394 e. The highest BCUT2D eigenvalue weighted by Crippen LogP contribution is 2.67. The van der Waals surface area contributed by atoms with Gasteiger partial charge in [0.15, 0.2) is 18.9 Å². The predicted octanol–water partition coefficient (Wildman–Crippen LogP) is -1.43. The predicted molar refractivity (Wildman–Crippen MR) is 228 cm³/mol. The third kappa shape index (κ3) is 8.89. The molecular weight excluding hydrogens is 868 g/mol. The van der Waals surface area contributed by atoms with E-state index in [-0.39, 0.29) is 59.2 Å². The van der Waals surface area contributed by atoms with Crippen molar-refractivity contribution in [2.24, 2.45) is 46.3 Å². The minimum absolute atomic E-state index is 0.00961. The molecule has 0 bridgehead atoms. The fourth-order valence-corrected chi connectivity index (χ4v) is 14.2. The molecule has 4 saturated heterocycles. The molecule has 380 valence electrons. The summed E-state index contributed by atoms with van der Waals surface area (Å²) < 4.78 is 42.6. The summed E-state index contributed by atoms with van der Waals surface area (Å²) in [5, 5.41) is 126. The molecule has 66 heavy (non-hydrogen) atoms. The Bertz CT molecular complexity index is 1670. The van der Waals surface area contributed by atoms with E-state index >= 15 is 0 Å². The summed E-state index contributed by atoms with van der Waals surface area (Å²) in [6, 6.07) is 0. The lowest BCUT2D eigenvalue weighted by Gasteiger charge is -2.58. The molecule has 8 rings (SSSR count). The number of aliphatic hydroxyl groups is 12. The first-order valence-corrected chi connectivity index (χ1v) is 24.5. The summed E-state index contributed by atoms with van der Waals surface area (Å²) >= 11 is 0. The summed E-state index contributed by atoms with van der Waals surface area (Å²) in [5.74, 6) is 0.803. The van der Waals surface area contributed by atoms with Gasteiger partial charge in [-0.3, -0.25) is 0 Å². The molecule has 8 aliphatic rings. The molecule has 7 fully saturated rings. The highest BCUT2D eigenvalue weighted by molar-refractivity contribution is 5.29. The van der Waals surface area contributed by atoms with Crippen molar-refractivity contribution in [1.82, 2.24) is 0 Å². The van der Waals surface area contributed by atoms with Gasteiger partial charge in [-0.05, 0) is 105 Å². The molecule has 27 atom stereocenters. The summed E-state index contributed by atoms with van der Waals surface area (Å²) in [6.07, 6.45) is -13.6. The van der Waals surface area contributed by atoms with E-state index in [2.05, 4.69) is 33.8 Å². The zero-order chi connectivity index (χ0) is 47.8. The van der Waals surface area contributed by atoms with Crippen LogP contribution in [0, 0.1) is 46.3 Å². The van der Waals surface area contributed by atoms with Gasteiger partial charge in [0.2, 0.25) is 0 Å². The lowest BCUT2D eigenvalue weighted by atomic mass is 9.47. The van der Waals surface area contributed by atoms with E-state index in [0.717, 1.165) is 38.5 Å². The maximum absolute atomic E-state index is 12.0. The van der Waals surface area contributed by atoms with Crippen molar-refractivity contribution in [3.8, 4) is 0 Å². The van der Waals surface area contributed by atoms with Crippen LogP contribution in [0.15, 0.2) is 11.6 Å². The Morgan fingerprint density at radius 2 is 1.23 bits per heavy atom. The van der Waals surface area contributed by atoms with Gasteiger partial charge in [0.05, 0.1) is 50.3 Å². The molecule has 0 aromatic carbocycles. The Morgan fingerprint density at radius 1 is 0.652 bits per heavy atom. The van der Waals surface area contributed by atoms with Crippen molar-refractivity contribution in [3.05, 3.63) is 11.6 Å². The van der Waals surface area contributed by atoms with Crippen LogP contribution in [-0.2, 0) is 33.2 Å². The molecule has 0 radical (unpaired) electrons. The monoisotopic (exact) mass is 947 g/mol. The highest BCUT2D eigenvalue weighted by atomic mass is 16.8. The SMILES string of the molecule is CC[C@H]1C[C@H]([C@@H](C)C2[C@@H](O)C[C@H]3C4=CC[C@@H]5C[C@H](O[C@@H]6O[C@H](CO)[C@@H](O)[C@H](O)[C@H]6O[C@@H]6O[C@H](CO)[C@@H](O)[C@H](O)[C@H]6O)CC[C@]5(C)C4CC[C@]23C)O[C@]1(C)CO[C@@H]1O[C@H](CO)[C@@H](O)[C@H](O)[C@H]1O. The number of aliphatic hydroxyl groups excluding tert-OH is 12. The molecule has 0 aromatic rings. The number of allylic oxidation sites excluding steroid dienone is 2. The summed E-state index contributed by atoms with van der Waals surface area (Å²) in [6.45, 7) is 9.21. The lowest BCUT2D eigenvalue weighted by molar-refractivity contribution is -0.373. The minimum atomic E-state index is -1.76. The van der Waals surface area contributed by atoms with Gasteiger partial charge in [-0.15, -0.1) is 0 Å². The van der Waals surface area contributed by atoms with Crippen LogP contribution in [0.5, 0.6) is 0 Å². The van der Waals surface area contributed by atoms with Crippen molar-refractivity contribution < 1.29 is 94.4 Å². The first kappa shape index (κ1) is 51.3. The Hall–Kier alpha value is -1.02. The van der Waals surface area contributed by atoms with Crippen LogP contribution in [0.4, 0.5) is 0 Å². The smallest absolute Gasteiger partial charge is 0.187 e. The highest BCUT2D eigenvalue weighted by Gasteiger charge is 2.63. The number of hydrogen-bond acceptors (Lipinski definition) is 19. The van der Waals surface area contributed by atoms with E-state index < -0.39 is 124 Å². The molecule has 4 heterocycles. The zero-order valence-electron chi connectivity index (χ0n) is 38.9. The minimum Gasteiger partial charge on any atom is -0.394 e. The molecule has 0 spiro atoms. The van der Waals surface area contributed by atoms with Gasteiger partial charge in [-0.25, -0.2) is 0 Å². The van der Waals surface area contributed by atoms with Gasteiger partial charge in [0.25, 0.3) is 0 Å². The van der Waals surface area contributed by atoms with Gasteiger partial charge < -0.3 is 94.4 Å². The lowest BCUT2D eigenvalue weighted by Crippen LogP contribution is -2.65. The van der Waals surface area contributed by atoms with Crippen molar-refractivity contribution in [3.63, 3.8) is 0 Å². The summed E-state index contributed by atoms with van der Waals surface area (Å²) in [4.78, 5) is 0. The van der Waals surface area contributed by atoms with E-state index in [1.54, 1.807) is 0 Å². The number of fused-ring (bicyclic) bond motifs is 5. The van der Waals surface area contributed by atoms with E-state index in [1.807, 2.05) is 6.92 Å². The maximum atomic E-state index is 12.0. The third-order valence-corrected chi connectivity index (χ3v) is 18.3. The topological polar surface area (TPSA) is 307 Å². The molecule has 3 saturated carbocycles. The van der Waals surface area contributed by atoms with Crippen LogP contribution in [0.2, 0.25) is 0 Å². The number of hydrogen-bond donors (Lipinski definition) is 12. The molecule has 4 aliphatic heterocycles. The van der Waals surface area contributed by atoms with Crippen molar-refractivity contribution in [1.29, 1.82) is 0 Å². The van der Waals surface area contributed by atoms with E-state index in [0.29, 0.717) is 25.2 Å². The Kier molecular flexibility index (Phi) is 15.5. The van der Waals surface area contributed by atoms with E-state index in [4.69, 9.17) is 33.2 Å². The van der Waals surface area contributed by atoms with Crippen LogP contribution < -0.4 is 0 Å². The van der Waals surface area contributed by atoms with E-state index in [1.165, 1.54) is 5.57 Å². The third-order valence-electron chi connectivity index (χ3n) is 18.3. The van der Waals surface area contributed by atoms with Gasteiger partial charge >= 0.3 is 0 Å². The van der Waals surface area contributed by atoms with Crippen LogP contribution >= 0.6 is 0 Å². The van der Waals surface area contributed by atoms with Crippen molar-refractivity contribution in [2.75, 3.05) is 26.4 Å². The fourth-order valence-electron chi connectivity index (χ4n) is 14.2. The van der Waals surface area contributed by atoms with Gasteiger partial charge in [0, 0.05) is 0 Å². The van der Waals surface area contributed by atoms with Gasteiger partial charge in [-0.1, -0.05) is 45.8 Å². The standard InChI is InChI=1S/C47H78O19/c1-6-21-14-28(66-47(21,5)19-60-42-39(58)36(55)33(52)29(16-48)62-42)20(2)32-27(51)15-26-24-8-7-22-13-23(9-11-45(22,3)25(24)10-12-46(26,32)4)61-44-41(38(57)35(54)31(18-50)64-44)65-43-40(59)37(56)34(53)30(17-49)63-43/h8,20-23,25-44,48-59H,6-7,9-19H2,1-5H3/t20-,21+,22-,23-,25?,26+,27+,28-,29-,30-,31-,32?,33-,34-,35-,36+,37+,38+,39-,40-,41-,42-,43+,44-,45+,46+,47-/m1/s1. The van der Waals surface area contributed by atoms with Gasteiger partial charge in [-0.2, -0.15) is 0 Å². The average molecular weight is 947 g/mol. The first-order chi connectivity index (χ1) is 31.2. The maximum Gasteiger partial charge on any atom is 0.187 e. The molecule has 19 nitrogen and oxygen atoms in total. The quantitative estimate of drug-likeness (QED) is 0.0943. The van der Waals surface area contributed by atoms with Crippen LogP contribution in [-0.4, -0.2) is 204 Å². The summed E-state index contributed by atoms with van der Waals surface area (Å²) in [5.41, 5.74) is 0.437. The Morgan fingerprint density at radius 3 is 1.85 bits per heavy atom. The second kappa shape index (κ2) is 19.9. The van der Waals surface area contributed by atoms with Crippen LogP contribution in [0.3, 0.4) is 0 Å².